The van der Waals surface area contributed by atoms with Gasteiger partial charge in [-0.05, 0) is 24.5 Å². The summed E-state index contributed by atoms with van der Waals surface area (Å²) in [5.41, 5.74) is 7.29. The van der Waals surface area contributed by atoms with E-state index in [-0.39, 0.29) is 5.84 Å². The molecule has 1 aliphatic carbocycles. The SMILES string of the molecule is NC(=NO)c1ncccc1CN1CCOC2CCCCC21. The third kappa shape index (κ3) is 3.01. The minimum absolute atomic E-state index is 0.0686. The van der Waals surface area contributed by atoms with Crippen LogP contribution >= 0.6 is 0 Å². The van der Waals surface area contributed by atoms with Crippen LogP contribution in [0, 0.1) is 0 Å². The summed E-state index contributed by atoms with van der Waals surface area (Å²) in [6.07, 6.45) is 6.89. The molecule has 3 rings (SSSR count). The summed E-state index contributed by atoms with van der Waals surface area (Å²) < 4.78 is 5.90. The van der Waals surface area contributed by atoms with Gasteiger partial charge in [-0.25, -0.2) is 0 Å². The van der Waals surface area contributed by atoms with Crippen molar-refractivity contribution in [2.75, 3.05) is 13.2 Å². The maximum Gasteiger partial charge on any atom is 0.189 e. The highest BCUT2D eigenvalue weighted by Crippen LogP contribution is 2.29. The number of fused-ring (bicyclic) bond motifs is 1. The van der Waals surface area contributed by atoms with Crippen molar-refractivity contribution >= 4 is 5.84 Å². The molecule has 0 spiro atoms. The molecule has 0 aromatic carbocycles. The topological polar surface area (TPSA) is 84.0 Å². The lowest BCUT2D eigenvalue weighted by molar-refractivity contribution is -0.0911. The van der Waals surface area contributed by atoms with Gasteiger partial charge in [0.05, 0.1) is 12.7 Å². The molecule has 2 atom stereocenters. The van der Waals surface area contributed by atoms with E-state index >= 15 is 0 Å². The molecule has 2 heterocycles. The van der Waals surface area contributed by atoms with Gasteiger partial charge in [0.2, 0.25) is 0 Å². The molecular formula is C15H22N4O2. The molecule has 1 saturated carbocycles. The Kier molecular flexibility index (Phi) is 4.36. The van der Waals surface area contributed by atoms with Gasteiger partial charge >= 0.3 is 0 Å². The Morgan fingerprint density at radius 3 is 3.19 bits per heavy atom. The Labute approximate surface area is 124 Å². The highest BCUT2D eigenvalue weighted by molar-refractivity contribution is 5.96. The normalized spacial score (nSPS) is 27.3. The molecule has 1 aromatic heterocycles. The quantitative estimate of drug-likeness (QED) is 0.379. The number of pyridine rings is 1. The summed E-state index contributed by atoms with van der Waals surface area (Å²) in [7, 11) is 0. The molecule has 3 N–H and O–H groups in total. The predicted molar refractivity (Wildman–Crippen MR) is 79.2 cm³/mol. The third-order valence-electron chi connectivity index (χ3n) is 4.46. The fourth-order valence-electron chi connectivity index (χ4n) is 3.44. The Morgan fingerprint density at radius 1 is 1.48 bits per heavy atom. The van der Waals surface area contributed by atoms with E-state index in [1.54, 1.807) is 6.20 Å². The number of hydrogen-bond acceptors (Lipinski definition) is 5. The van der Waals surface area contributed by atoms with Crippen LogP contribution in [-0.4, -0.2) is 46.2 Å². The van der Waals surface area contributed by atoms with Gasteiger partial charge in [-0.3, -0.25) is 9.88 Å². The van der Waals surface area contributed by atoms with Crippen LogP contribution in [0.2, 0.25) is 0 Å². The molecule has 21 heavy (non-hydrogen) atoms. The van der Waals surface area contributed by atoms with Crippen LogP contribution in [0.1, 0.15) is 36.9 Å². The standard InChI is InChI=1S/C15H22N4O2/c16-15(18-20)14-11(4-3-7-17-14)10-19-8-9-21-13-6-2-1-5-12(13)19/h3-4,7,12-13,20H,1-2,5-6,8-10H2,(H2,16,18). The van der Waals surface area contributed by atoms with Crippen LogP contribution in [0.15, 0.2) is 23.5 Å². The van der Waals surface area contributed by atoms with Gasteiger partial charge in [-0.15, -0.1) is 0 Å². The molecule has 2 fully saturated rings. The van der Waals surface area contributed by atoms with Gasteiger partial charge in [0.25, 0.3) is 0 Å². The first-order chi connectivity index (χ1) is 10.3. The van der Waals surface area contributed by atoms with Crippen LogP contribution in [0.25, 0.3) is 0 Å². The molecule has 6 nitrogen and oxygen atoms in total. The molecule has 0 radical (unpaired) electrons. The lowest BCUT2D eigenvalue weighted by atomic mass is 9.90. The first-order valence-electron chi connectivity index (χ1n) is 7.57. The van der Waals surface area contributed by atoms with Crippen LogP contribution in [-0.2, 0) is 11.3 Å². The van der Waals surface area contributed by atoms with Crippen molar-refractivity contribution in [1.82, 2.24) is 9.88 Å². The number of amidine groups is 1. The highest BCUT2D eigenvalue weighted by Gasteiger charge is 2.34. The van der Waals surface area contributed by atoms with Gasteiger partial charge in [-0.1, -0.05) is 24.1 Å². The Morgan fingerprint density at radius 2 is 2.33 bits per heavy atom. The molecule has 1 aliphatic heterocycles. The molecule has 6 heteroatoms. The summed E-state index contributed by atoms with van der Waals surface area (Å²) in [4.78, 5) is 6.70. The van der Waals surface area contributed by atoms with E-state index < -0.39 is 0 Å². The molecule has 0 bridgehead atoms. The maximum atomic E-state index is 8.90. The first kappa shape index (κ1) is 14.3. The number of nitrogens with two attached hydrogens (primary N) is 1. The number of ether oxygens (including phenoxy) is 1. The van der Waals surface area contributed by atoms with E-state index in [1.165, 1.54) is 19.3 Å². The minimum atomic E-state index is 0.0686. The number of aromatic nitrogens is 1. The number of oxime groups is 1. The predicted octanol–water partition coefficient (Wildman–Crippen LogP) is 1.32. The van der Waals surface area contributed by atoms with Crippen molar-refractivity contribution in [2.24, 2.45) is 10.9 Å². The fraction of sp³-hybridized carbons (Fsp3) is 0.600. The Hall–Kier alpha value is -1.66. The molecule has 2 aliphatic rings. The number of hydrogen-bond donors (Lipinski definition) is 2. The molecular weight excluding hydrogens is 268 g/mol. The number of morpholine rings is 1. The smallest absolute Gasteiger partial charge is 0.189 e. The summed E-state index contributed by atoms with van der Waals surface area (Å²) in [6.45, 7) is 2.47. The van der Waals surface area contributed by atoms with Crippen LogP contribution in [0.4, 0.5) is 0 Å². The van der Waals surface area contributed by atoms with Crippen molar-refractivity contribution in [2.45, 2.75) is 44.4 Å². The molecule has 1 saturated heterocycles. The largest absolute Gasteiger partial charge is 0.409 e. The summed E-state index contributed by atoms with van der Waals surface area (Å²) in [5, 5.41) is 12.0. The first-order valence-corrected chi connectivity index (χ1v) is 7.57. The summed E-state index contributed by atoms with van der Waals surface area (Å²) in [6, 6.07) is 4.36. The molecule has 2 unspecified atom stereocenters. The molecule has 114 valence electrons. The van der Waals surface area contributed by atoms with Gasteiger partial charge in [0.1, 0.15) is 5.69 Å². The average Bonchev–Trinajstić information content (AvgIpc) is 2.55. The number of nitrogens with zero attached hydrogens (tertiary/aromatic N) is 3. The lowest BCUT2D eigenvalue weighted by Crippen LogP contribution is -2.52. The zero-order valence-electron chi connectivity index (χ0n) is 12.1. The van der Waals surface area contributed by atoms with Crippen molar-refractivity contribution < 1.29 is 9.94 Å². The average molecular weight is 290 g/mol. The van der Waals surface area contributed by atoms with E-state index in [1.807, 2.05) is 12.1 Å². The lowest BCUT2D eigenvalue weighted by Gasteiger charge is -2.44. The van der Waals surface area contributed by atoms with Gasteiger partial charge in [0, 0.05) is 25.3 Å². The second kappa shape index (κ2) is 6.41. The van der Waals surface area contributed by atoms with Crippen LogP contribution in [0.5, 0.6) is 0 Å². The van der Waals surface area contributed by atoms with E-state index in [0.29, 0.717) is 17.8 Å². The van der Waals surface area contributed by atoms with Gasteiger partial charge in [-0.2, -0.15) is 0 Å². The van der Waals surface area contributed by atoms with Crippen LogP contribution < -0.4 is 5.73 Å². The number of rotatable bonds is 3. The van der Waals surface area contributed by atoms with E-state index in [9.17, 15) is 0 Å². The zero-order valence-corrected chi connectivity index (χ0v) is 12.1. The van der Waals surface area contributed by atoms with Crippen molar-refractivity contribution in [3.63, 3.8) is 0 Å². The molecule has 1 aromatic rings. The van der Waals surface area contributed by atoms with Crippen molar-refractivity contribution in [3.05, 3.63) is 29.6 Å². The second-order valence-electron chi connectivity index (χ2n) is 5.73. The minimum Gasteiger partial charge on any atom is -0.409 e. The fourth-order valence-corrected chi connectivity index (χ4v) is 3.44. The van der Waals surface area contributed by atoms with E-state index in [4.69, 9.17) is 15.7 Å². The van der Waals surface area contributed by atoms with Crippen molar-refractivity contribution in [3.8, 4) is 0 Å². The van der Waals surface area contributed by atoms with Gasteiger partial charge in [0.15, 0.2) is 5.84 Å². The highest BCUT2D eigenvalue weighted by atomic mass is 16.5. The summed E-state index contributed by atoms with van der Waals surface area (Å²) >= 11 is 0. The van der Waals surface area contributed by atoms with E-state index in [2.05, 4.69) is 15.0 Å². The van der Waals surface area contributed by atoms with E-state index in [0.717, 1.165) is 31.7 Å². The monoisotopic (exact) mass is 290 g/mol. The Bertz CT molecular complexity index is 518. The summed E-state index contributed by atoms with van der Waals surface area (Å²) in [5.74, 6) is 0.0686. The molecule has 0 amide bonds. The second-order valence-corrected chi connectivity index (χ2v) is 5.73. The zero-order chi connectivity index (χ0) is 14.7. The van der Waals surface area contributed by atoms with Crippen LogP contribution in [0.3, 0.4) is 0 Å². The van der Waals surface area contributed by atoms with Crippen molar-refractivity contribution in [1.29, 1.82) is 0 Å². The van der Waals surface area contributed by atoms with Gasteiger partial charge < -0.3 is 15.7 Å². The maximum absolute atomic E-state index is 8.90. The Balaban J connectivity index is 1.79. The third-order valence-corrected chi connectivity index (χ3v) is 4.46.